The average molecular weight is 687 g/mol. The molecular formula is C33H40BrN3O6S. The number of amides is 2. The van der Waals surface area contributed by atoms with E-state index < -0.39 is 28.5 Å². The number of carbonyl (C=O) groups is 2. The van der Waals surface area contributed by atoms with Crippen molar-refractivity contribution in [2.75, 3.05) is 25.1 Å². The third kappa shape index (κ3) is 8.12. The number of hydrogen-bond donors (Lipinski definition) is 1. The van der Waals surface area contributed by atoms with Gasteiger partial charge in [0.25, 0.3) is 10.0 Å². The Morgan fingerprint density at radius 3 is 2.32 bits per heavy atom. The van der Waals surface area contributed by atoms with E-state index in [1.54, 1.807) is 31.2 Å². The van der Waals surface area contributed by atoms with Crippen molar-refractivity contribution < 1.29 is 27.5 Å². The molecule has 4 rings (SSSR count). The number of anilines is 1. The molecule has 0 spiro atoms. The molecule has 1 unspecified atom stereocenters. The Morgan fingerprint density at radius 1 is 0.977 bits per heavy atom. The second kappa shape index (κ2) is 14.9. The van der Waals surface area contributed by atoms with Crippen molar-refractivity contribution in [1.29, 1.82) is 0 Å². The van der Waals surface area contributed by atoms with Crippen molar-refractivity contribution in [1.82, 2.24) is 10.2 Å². The van der Waals surface area contributed by atoms with Gasteiger partial charge in [0.15, 0.2) is 0 Å². The summed E-state index contributed by atoms with van der Waals surface area (Å²) in [5, 5.41) is 3.12. The van der Waals surface area contributed by atoms with E-state index >= 15 is 0 Å². The van der Waals surface area contributed by atoms with Crippen LogP contribution in [-0.4, -0.2) is 58.0 Å². The molecular weight excluding hydrogens is 646 g/mol. The van der Waals surface area contributed by atoms with E-state index in [-0.39, 0.29) is 34.8 Å². The van der Waals surface area contributed by atoms with E-state index in [1.807, 2.05) is 31.2 Å². The van der Waals surface area contributed by atoms with Crippen molar-refractivity contribution in [3.8, 4) is 11.5 Å². The zero-order valence-corrected chi connectivity index (χ0v) is 28.0. The van der Waals surface area contributed by atoms with Crippen LogP contribution in [0.5, 0.6) is 11.5 Å². The predicted octanol–water partition coefficient (Wildman–Crippen LogP) is 5.84. The summed E-state index contributed by atoms with van der Waals surface area (Å²) in [5.74, 6) is -0.177. The summed E-state index contributed by atoms with van der Waals surface area (Å²) in [7, 11) is -1.36. The van der Waals surface area contributed by atoms with Crippen LogP contribution in [0.15, 0.2) is 76.1 Å². The van der Waals surface area contributed by atoms with Gasteiger partial charge in [-0.1, -0.05) is 65.0 Å². The number of rotatable bonds is 12. The molecule has 1 aliphatic carbocycles. The molecule has 0 saturated heterocycles. The first kappa shape index (κ1) is 33.3. The number of halogens is 1. The molecule has 0 bridgehead atoms. The first-order valence-corrected chi connectivity index (χ1v) is 16.9. The predicted molar refractivity (Wildman–Crippen MR) is 174 cm³/mol. The summed E-state index contributed by atoms with van der Waals surface area (Å²) in [6.45, 7) is 3.07. The fraction of sp³-hybridized carbons (Fsp3) is 0.394. The minimum Gasteiger partial charge on any atom is -0.497 e. The third-order valence-electron chi connectivity index (χ3n) is 7.90. The molecule has 2 amide bonds. The molecule has 3 aromatic carbocycles. The number of methoxy groups -OCH3 is 2. The average Bonchev–Trinajstić information content (AvgIpc) is 3.02. The quantitative estimate of drug-likeness (QED) is 0.257. The molecule has 1 aliphatic rings. The Kier molecular flexibility index (Phi) is 11.3. The fourth-order valence-electron chi connectivity index (χ4n) is 5.33. The molecule has 3 aromatic rings. The van der Waals surface area contributed by atoms with Gasteiger partial charge >= 0.3 is 0 Å². The van der Waals surface area contributed by atoms with Gasteiger partial charge in [-0.15, -0.1) is 0 Å². The summed E-state index contributed by atoms with van der Waals surface area (Å²) in [6, 6.07) is 17.8. The summed E-state index contributed by atoms with van der Waals surface area (Å²) in [6.07, 6.45) is 5.05. The maximum atomic E-state index is 14.3. The lowest BCUT2D eigenvalue weighted by atomic mass is 9.95. The van der Waals surface area contributed by atoms with Gasteiger partial charge in [-0.05, 0) is 68.7 Å². The van der Waals surface area contributed by atoms with Crippen LogP contribution >= 0.6 is 15.9 Å². The van der Waals surface area contributed by atoms with Crippen molar-refractivity contribution in [2.24, 2.45) is 0 Å². The minimum atomic E-state index is -4.26. The minimum absolute atomic E-state index is 0.0161. The van der Waals surface area contributed by atoms with Crippen molar-refractivity contribution in [3.63, 3.8) is 0 Å². The normalized spacial score (nSPS) is 14.4. The Hall–Kier alpha value is -3.57. The summed E-state index contributed by atoms with van der Waals surface area (Å²) in [5.41, 5.74) is 1.82. The molecule has 0 aromatic heterocycles. The second-order valence-corrected chi connectivity index (χ2v) is 13.8. The summed E-state index contributed by atoms with van der Waals surface area (Å²) >= 11 is 3.48. The van der Waals surface area contributed by atoms with Crippen LogP contribution < -0.4 is 19.1 Å². The Morgan fingerprint density at radius 2 is 1.68 bits per heavy atom. The van der Waals surface area contributed by atoms with Gasteiger partial charge in [0, 0.05) is 23.1 Å². The first-order valence-electron chi connectivity index (χ1n) is 14.7. The maximum absolute atomic E-state index is 14.3. The number of aryl methyl sites for hydroxylation is 1. The summed E-state index contributed by atoms with van der Waals surface area (Å²) in [4.78, 5) is 29.3. The maximum Gasteiger partial charge on any atom is 0.264 e. The highest BCUT2D eigenvalue weighted by atomic mass is 79.9. The third-order valence-corrected chi connectivity index (χ3v) is 10.2. The number of sulfonamides is 1. The lowest BCUT2D eigenvalue weighted by Gasteiger charge is -2.33. The van der Waals surface area contributed by atoms with Crippen LogP contribution in [0.2, 0.25) is 0 Å². The van der Waals surface area contributed by atoms with E-state index in [4.69, 9.17) is 9.47 Å². The van der Waals surface area contributed by atoms with Crippen LogP contribution in [0, 0.1) is 6.92 Å². The molecule has 0 aliphatic heterocycles. The van der Waals surface area contributed by atoms with Crippen LogP contribution in [0.3, 0.4) is 0 Å². The van der Waals surface area contributed by atoms with Crippen molar-refractivity contribution in [3.05, 3.63) is 82.3 Å². The lowest BCUT2D eigenvalue weighted by Crippen LogP contribution is -2.53. The van der Waals surface area contributed by atoms with Gasteiger partial charge in [-0.3, -0.25) is 13.9 Å². The van der Waals surface area contributed by atoms with Crippen LogP contribution in [0.1, 0.15) is 50.2 Å². The number of ether oxygens (including phenoxy) is 2. The van der Waals surface area contributed by atoms with Crippen LogP contribution in [0.4, 0.5) is 5.69 Å². The summed E-state index contributed by atoms with van der Waals surface area (Å²) < 4.78 is 41.2. The second-order valence-electron chi connectivity index (χ2n) is 11.0. The van der Waals surface area contributed by atoms with E-state index in [0.717, 1.165) is 52.0 Å². The number of hydrogen-bond acceptors (Lipinski definition) is 6. The van der Waals surface area contributed by atoms with Crippen LogP contribution in [-0.2, 0) is 26.2 Å². The number of carbonyl (C=O) groups excluding carboxylic acids is 2. The monoisotopic (exact) mass is 685 g/mol. The largest absolute Gasteiger partial charge is 0.497 e. The molecule has 1 saturated carbocycles. The van der Waals surface area contributed by atoms with Gasteiger partial charge in [0.1, 0.15) is 24.1 Å². The first-order chi connectivity index (χ1) is 21.0. The fourth-order valence-corrected chi connectivity index (χ4v) is 7.19. The standard InChI is InChI=1S/C33H40BrN3O6S/c1-23-13-16-29(17-14-23)44(40,41)37(30-20-28(42-3)15-18-31(30)43-4)22-32(38)36(21-25-9-8-10-26(34)19-25)24(2)33(39)35-27-11-6-5-7-12-27/h8-10,13-20,24,27H,5-7,11-12,21-22H2,1-4H3,(H,35,39). The Balaban J connectivity index is 1.75. The van der Waals surface area contributed by atoms with Crippen LogP contribution in [0.25, 0.3) is 0 Å². The molecule has 1 fully saturated rings. The molecule has 11 heteroatoms. The van der Waals surface area contributed by atoms with E-state index in [1.165, 1.54) is 37.3 Å². The number of benzene rings is 3. The van der Waals surface area contributed by atoms with Gasteiger partial charge < -0.3 is 19.7 Å². The molecule has 1 N–H and O–H groups in total. The molecule has 0 radical (unpaired) electrons. The Labute approximate surface area is 268 Å². The molecule has 0 heterocycles. The topological polar surface area (TPSA) is 105 Å². The molecule has 44 heavy (non-hydrogen) atoms. The van der Waals surface area contributed by atoms with E-state index in [0.29, 0.717) is 5.75 Å². The SMILES string of the molecule is COc1ccc(OC)c(N(CC(=O)N(Cc2cccc(Br)c2)C(C)C(=O)NC2CCCCC2)S(=O)(=O)c2ccc(C)cc2)c1. The highest BCUT2D eigenvalue weighted by Crippen LogP contribution is 2.36. The van der Waals surface area contributed by atoms with Gasteiger partial charge in [-0.2, -0.15) is 0 Å². The van der Waals surface area contributed by atoms with Crippen molar-refractivity contribution >= 4 is 43.5 Å². The van der Waals surface area contributed by atoms with Gasteiger partial charge in [0.05, 0.1) is 24.8 Å². The smallest absolute Gasteiger partial charge is 0.264 e. The van der Waals surface area contributed by atoms with E-state index in [9.17, 15) is 18.0 Å². The highest BCUT2D eigenvalue weighted by Gasteiger charge is 2.34. The van der Waals surface area contributed by atoms with Crippen molar-refractivity contribution in [2.45, 2.75) is 69.5 Å². The number of nitrogens with one attached hydrogen (secondary N) is 1. The van der Waals surface area contributed by atoms with Gasteiger partial charge in [0.2, 0.25) is 11.8 Å². The zero-order valence-electron chi connectivity index (χ0n) is 25.6. The van der Waals surface area contributed by atoms with Gasteiger partial charge in [-0.25, -0.2) is 8.42 Å². The van der Waals surface area contributed by atoms with E-state index in [2.05, 4.69) is 21.2 Å². The molecule has 1 atom stereocenters. The number of nitrogens with zero attached hydrogens (tertiary/aromatic N) is 2. The Bertz CT molecular complexity index is 1560. The highest BCUT2D eigenvalue weighted by molar-refractivity contribution is 9.10. The lowest BCUT2D eigenvalue weighted by molar-refractivity contribution is -0.139. The zero-order chi connectivity index (χ0) is 31.9. The molecule has 236 valence electrons. The molecule has 9 nitrogen and oxygen atoms in total.